The van der Waals surface area contributed by atoms with Crippen molar-refractivity contribution < 1.29 is 33.0 Å². The summed E-state index contributed by atoms with van der Waals surface area (Å²) in [5.74, 6) is -0.962. The molecule has 0 aliphatic carbocycles. The molecule has 0 radical (unpaired) electrons. The Balaban J connectivity index is 1.53. The molecule has 2 aliphatic rings. The number of benzene rings is 1. The number of aliphatic carboxylic acids is 1. The number of alkyl halides is 2. The van der Waals surface area contributed by atoms with E-state index in [1.165, 1.54) is 18.2 Å². The zero-order chi connectivity index (χ0) is 24.0. The fraction of sp³-hybridized carbons (Fsp3) is 0.435. The molecule has 1 aromatic heterocycles. The van der Waals surface area contributed by atoms with Gasteiger partial charge in [0.05, 0.1) is 11.3 Å². The molecule has 10 heteroatoms. The van der Waals surface area contributed by atoms with Crippen LogP contribution >= 0.6 is 0 Å². The van der Waals surface area contributed by atoms with Crippen LogP contribution in [0.2, 0.25) is 0 Å². The number of hydrogen-bond donors (Lipinski definition) is 2. The van der Waals surface area contributed by atoms with Crippen LogP contribution < -0.4 is 19.7 Å². The number of amides is 1. The maximum Gasteiger partial charge on any atom is 0.586 e. The second-order valence-corrected chi connectivity index (χ2v) is 8.87. The van der Waals surface area contributed by atoms with Crippen molar-refractivity contribution in [1.29, 1.82) is 0 Å². The van der Waals surface area contributed by atoms with E-state index in [2.05, 4.69) is 19.8 Å². The Labute approximate surface area is 189 Å². The predicted octanol–water partition coefficient (Wildman–Crippen LogP) is 3.93. The topological polar surface area (TPSA) is 101 Å². The summed E-state index contributed by atoms with van der Waals surface area (Å²) in [6.07, 6.45) is -2.37. The van der Waals surface area contributed by atoms with Gasteiger partial charge in [0.2, 0.25) is 5.91 Å². The molecule has 1 unspecified atom stereocenters. The number of aryl methyl sites for hydroxylation is 1. The number of ether oxygens (including phenoxy) is 2. The first-order valence-corrected chi connectivity index (χ1v) is 10.6. The second-order valence-electron chi connectivity index (χ2n) is 8.87. The highest BCUT2D eigenvalue weighted by Crippen LogP contribution is 2.43. The molecular formula is C23H25F2N3O5. The van der Waals surface area contributed by atoms with E-state index in [1.807, 2.05) is 17.9 Å². The van der Waals surface area contributed by atoms with Gasteiger partial charge in [-0.2, -0.15) is 0 Å². The molecule has 2 N–H and O–H groups in total. The minimum absolute atomic E-state index is 0.0917. The first-order chi connectivity index (χ1) is 15.5. The van der Waals surface area contributed by atoms with E-state index >= 15 is 0 Å². The van der Waals surface area contributed by atoms with E-state index in [9.17, 15) is 23.5 Å². The number of nitrogens with one attached hydrogen (secondary N) is 1. The van der Waals surface area contributed by atoms with Crippen molar-refractivity contribution in [1.82, 2.24) is 4.98 Å². The first-order valence-electron chi connectivity index (χ1n) is 10.6. The van der Waals surface area contributed by atoms with Gasteiger partial charge in [-0.25, -0.2) is 4.98 Å². The summed E-state index contributed by atoms with van der Waals surface area (Å²) in [6.45, 7) is 6.24. The van der Waals surface area contributed by atoms with Crippen molar-refractivity contribution in [3.05, 3.63) is 41.5 Å². The molecule has 0 bridgehead atoms. The number of piperidine rings is 1. The molecule has 1 saturated heterocycles. The predicted molar refractivity (Wildman–Crippen MR) is 116 cm³/mol. The zero-order valence-corrected chi connectivity index (χ0v) is 18.5. The number of halogens is 2. The minimum atomic E-state index is -3.73. The van der Waals surface area contributed by atoms with Crippen LogP contribution in [-0.2, 0) is 15.0 Å². The lowest BCUT2D eigenvalue weighted by atomic mass is 9.83. The largest absolute Gasteiger partial charge is 0.586 e. The van der Waals surface area contributed by atoms with Gasteiger partial charge >= 0.3 is 12.3 Å². The van der Waals surface area contributed by atoms with Crippen LogP contribution in [0.1, 0.15) is 37.8 Å². The average molecular weight is 461 g/mol. The molecule has 3 heterocycles. The van der Waals surface area contributed by atoms with Crippen LogP contribution in [0.5, 0.6) is 11.5 Å². The lowest BCUT2D eigenvalue weighted by Crippen LogP contribution is -2.39. The van der Waals surface area contributed by atoms with E-state index < -0.39 is 29.5 Å². The van der Waals surface area contributed by atoms with Gasteiger partial charge in [0.25, 0.3) is 0 Å². The Kier molecular flexibility index (Phi) is 5.63. The van der Waals surface area contributed by atoms with Gasteiger partial charge in [-0.05, 0) is 62.9 Å². The highest BCUT2D eigenvalue weighted by Gasteiger charge is 2.44. The van der Waals surface area contributed by atoms with Crippen molar-refractivity contribution >= 4 is 23.5 Å². The molecule has 1 atom stereocenters. The van der Waals surface area contributed by atoms with Crippen LogP contribution in [0.25, 0.3) is 0 Å². The summed E-state index contributed by atoms with van der Waals surface area (Å²) in [4.78, 5) is 31.0. The van der Waals surface area contributed by atoms with Gasteiger partial charge in [0.1, 0.15) is 11.6 Å². The number of carbonyl (C=O) groups excluding carboxylic acids is 1. The number of carbonyl (C=O) groups is 2. The molecule has 1 fully saturated rings. The summed E-state index contributed by atoms with van der Waals surface area (Å²) >= 11 is 0. The highest BCUT2D eigenvalue weighted by atomic mass is 19.3. The lowest BCUT2D eigenvalue weighted by molar-refractivity contribution is -0.286. The van der Waals surface area contributed by atoms with E-state index in [0.717, 1.165) is 12.0 Å². The van der Waals surface area contributed by atoms with Gasteiger partial charge < -0.3 is 24.8 Å². The molecule has 1 aromatic carbocycles. The van der Waals surface area contributed by atoms with Gasteiger partial charge in [0, 0.05) is 13.1 Å². The van der Waals surface area contributed by atoms with E-state index in [4.69, 9.17) is 0 Å². The third-order valence-corrected chi connectivity index (χ3v) is 6.07. The quantitative estimate of drug-likeness (QED) is 0.696. The Bertz CT molecular complexity index is 1110. The third-order valence-electron chi connectivity index (χ3n) is 6.07. The fourth-order valence-electron chi connectivity index (χ4n) is 4.02. The van der Waals surface area contributed by atoms with Gasteiger partial charge in [0.15, 0.2) is 11.5 Å². The van der Waals surface area contributed by atoms with Gasteiger partial charge in [-0.1, -0.05) is 12.1 Å². The van der Waals surface area contributed by atoms with Crippen LogP contribution in [0.15, 0.2) is 30.3 Å². The second kappa shape index (κ2) is 8.17. The molecule has 33 heavy (non-hydrogen) atoms. The Morgan fingerprint density at radius 3 is 2.67 bits per heavy atom. The van der Waals surface area contributed by atoms with Gasteiger partial charge in [-0.15, -0.1) is 8.78 Å². The normalized spacial score (nSPS) is 19.3. The van der Waals surface area contributed by atoms with Crippen molar-refractivity contribution in [2.24, 2.45) is 5.92 Å². The summed E-state index contributed by atoms with van der Waals surface area (Å²) in [6, 6.07) is 7.74. The Hall–Kier alpha value is -3.43. The molecule has 2 aromatic rings. The van der Waals surface area contributed by atoms with Crippen LogP contribution in [-0.4, -0.2) is 41.4 Å². The number of carboxylic acids is 1. The minimum Gasteiger partial charge on any atom is -0.481 e. The van der Waals surface area contributed by atoms with E-state index in [-0.39, 0.29) is 11.5 Å². The number of fused-ring (bicyclic) bond motifs is 1. The number of carboxylic acid groups (broad SMARTS) is 1. The maximum atomic E-state index is 13.3. The monoisotopic (exact) mass is 461 g/mol. The zero-order valence-electron chi connectivity index (χ0n) is 18.5. The third kappa shape index (κ3) is 4.55. The molecule has 0 saturated carbocycles. The van der Waals surface area contributed by atoms with Crippen molar-refractivity contribution in [2.75, 3.05) is 23.3 Å². The highest BCUT2D eigenvalue weighted by molar-refractivity contribution is 5.98. The standard InChI is InChI=1S/C23H25F2N3O5/c1-13-6-9-18(26-19(13)28-10-4-5-14(12-28)20(29)30)27-21(31)22(2,3)15-7-8-16-17(11-15)33-23(24,25)32-16/h6-9,11,14H,4-5,10,12H2,1-3H3,(H,29,30)(H,26,27,31). The first kappa shape index (κ1) is 22.8. The summed E-state index contributed by atoms with van der Waals surface area (Å²) in [5, 5.41) is 12.2. The Morgan fingerprint density at radius 1 is 1.21 bits per heavy atom. The van der Waals surface area contributed by atoms with Crippen molar-refractivity contribution in [3.63, 3.8) is 0 Å². The molecule has 1 amide bonds. The molecule has 2 aliphatic heterocycles. The smallest absolute Gasteiger partial charge is 0.481 e. The van der Waals surface area contributed by atoms with E-state index in [1.54, 1.807) is 19.9 Å². The number of anilines is 2. The fourth-order valence-corrected chi connectivity index (χ4v) is 4.02. The average Bonchev–Trinajstić information content (AvgIpc) is 3.08. The van der Waals surface area contributed by atoms with Gasteiger partial charge in [-0.3, -0.25) is 9.59 Å². The Morgan fingerprint density at radius 2 is 1.94 bits per heavy atom. The number of pyridine rings is 1. The molecule has 0 spiro atoms. The molecule has 4 rings (SSSR count). The summed E-state index contributed by atoms with van der Waals surface area (Å²) in [5.41, 5.74) is 0.241. The number of aromatic nitrogens is 1. The molecular weight excluding hydrogens is 436 g/mol. The summed E-state index contributed by atoms with van der Waals surface area (Å²) < 4.78 is 35.6. The van der Waals surface area contributed by atoms with E-state index in [0.29, 0.717) is 36.7 Å². The van der Waals surface area contributed by atoms with Crippen LogP contribution in [0, 0.1) is 12.8 Å². The molecule has 8 nitrogen and oxygen atoms in total. The maximum absolute atomic E-state index is 13.3. The number of hydrogen-bond acceptors (Lipinski definition) is 6. The molecule has 176 valence electrons. The SMILES string of the molecule is Cc1ccc(NC(=O)C(C)(C)c2ccc3c(c2)OC(F)(F)O3)nc1N1CCCC(C(=O)O)C1. The summed E-state index contributed by atoms with van der Waals surface area (Å²) in [7, 11) is 0. The van der Waals surface area contributed by atoms with Crippen LogP contribution in [0.4, 0.5) is 20.4 Å². The van der Waals surface area contributed by atoms with Crippen LogP contribution in [0.3, 0.4) is 0 Å². The van der Waals surface area contributed by atoms with Crippen molar-refractivity contribution in [2.45, 2.75) is 45.3 Å². The number of nitrogens with zero attached hydrogens (tertiary/aromatic N) is 2. The van der Waals surface area contributed by atoms with Crippen molar-refractivity contribution in [3.8, 4) is 11.5 Å². The number of rotatable bonds is 5. The lowest BCUT2D eigenvalue weighted by Gasteiger charge is -2.33.